The molecule has 0 saturated carbocycles. The molecule has 126 valence electrons. The number of rotatable bonds is 5. The fourth-order valence-corrected chi connectivity index (χ4v) is 3.20. The minimum atomic E-state index is 0.565. The summed E-state index contributed by atoms with van der Waals surface area (Å²) in [6.45, 7) is 8.38. The molecule has 0 atom stereocenters. The number of thiazole rings is 1. The maximum absolute atomic E-state index is 4.82. The highest BCUT2D eigenvalue weighted by atomic mass is 32.1. The van der Waals surface area contributed by atoms with Crippen LogP contribution in [-0.2, 0) is 0 Å². The summed E-state index contributed by atoms with van der Waals surface area (Å²) in [4.78, 5) is 9.60. The van der Waals surface area contributed by atoms with E-state index < -0.39 is 0 Å². The van der Waals surface area contributed by atoms with Crippen LogP contribution in [0.15, 0.2) is 76.9 Å². The second-order valence-corrected chi connectivity index (χ2v) is 6.47. The highest BCUT2D eigenvalue weighted by molar-refractivity contribution is 7.07. The molecule has 1 aromatic carbocycles. The molecule has 0 bridgehead atoms. The second-order valence-electron chi connectivity index (χ2n) is 5.64. The van der Waals surface area contributed by atoms with Crippen molar-refractivity contribution < 1.29 is 0 Å². The largest absolute Gasteiger partial charge is 0.264 e. The zero-order valence-electron chi connectivity index (χ0n) is 14.4. The van der Waals surface area contributed by atoms with Gasteiger partial charge in [-0.2, -0.15) is 5.10 Å². The average molecular weight is 348 g/mol. The summed E-state index contributed by atoms with van der Waals surface area (Å²) in [5.74, 6) is 0. The van der Waals surface area contributed by atoms with E-state index in [0.29, 0.717) is 6.54 Å². The number of hydrogen-bond acceptors (Lipinski definition) is 4. The molecule has 5 heteroatoms. The second kappa shape index (κ2) is 7.85. The van der Waals surface area contributed by atoms with Crippen molar-refractivity contribution in [3.63, 3.8) is 0 Å². The van der Waals surface area contributed by atoms with E-state index in [4.69, 9.17) is 5.10 Å². The van der Waals surface area contributed by atoms with E-state index in [2.05, 4.69) is 53.1 Å². The Balaban J connectivity index is 2.13. The van der Waals surface area contributed by atoms with Gasteiger partial charge in [0.25, 0.3) is 0 Å². The van der Waals surface area contributed by atoms with Crippen molar-refractivity contribution >= 4 is 17.0 Å². The van der Waals surface area contributed by atoms with E-state index in [1.807, 2.05) is 29.9 Å². The van der Waals surface area contributed by atoms with Crippen LogP contribution in [0.25, 0.3) is 11.3 Å². The lowest BCUT2D eigenvalue weighted by atomic mass is 10.1. The molecular weight excluding hydrogens is 328 g/mol. The molecule has 2 heterocycles. The van der Waals surface area contributed by atoms with Crippen molar-refractivity contribution in [3.8, 4) is 11.3 Å². The molecule has 0 unspecified atom stereocenters. The van der Waals surface area contributed by atoms with Crippen LogP contribution in [0.3, 0.4) is 0 Å². The van der Waals surface area contributed by atoms with Crippen molar-refractivity contribution in [2.45, 2.75) is 13.8 Å². The molecule has 0 radical (unpaired) electrons. The predicted molar refractivity (Wildman–Crippen MR) is 105 cm³/mol. The summed E-state index contributed by atoms with van der Waals surface area (Å²) in [6, 6.07) is 12.4. The smallest absolute Gasteiger partial charge is 0.206 e. The molecule has 3 aromatic rings. The van der Waals surface area contributed by atoms with E-state index in [-0.39, 0.29) is 0 Å². The number of pyridine rings is 1. The zero-order valence-corrected chi connectivity index (χ0v) is 15.2. The zero-order chi connectivity index (χ0) is 17.6. The molecule has 0 aliphatic carbocycles. The van der Waals surface area contributed by atoms with Crippen LogP contribution in [-0.4, -0.2) is 21.9 Å². The highest BCUT2D eigenvalue weighted by Crippen LogP contribution is 2.21. The SMILES string of the molecule is C=CCN=c1scc(-c2ccc(C)cc2)n1N=C(C)c1cccnc1. The van der Waals surface area contributed by atoms with Crippen LogP contribution in [0.1, 0.15) is 18.1 Å². The summed E-state index contributed by atoms with van der Waals surface area (Å²) in [7, 11) is 0. The normalized spacial score (nSPS) is 12.4. The van der Waals surface area contributed by atoms with Gasteiger partial charge in [-0.15, -0.1) is 17.9 Å². The third kappa shape index (κ3) is 4.00. The van der Waals surface area contributed by atoms with Gasteiger partial charge in [0, 0.05) is 28.9 Å². The number of aromatic nitrogens is 2. The molecule has 4 nitrogen and oxygen atoms in total. The van der Waals surface area contributed by atoms with E-state index in [0.717, 1.165) is 27.3 Å². The minimum absolute atomic E-state index is 0.565. The summed E-state index contributed by atoms with van der Waals surface area (Å²) in [5, 5.41) is 6.91. The highest BCUT2D eigenvalue weighted by Gasteiger charge is 2.08. The Bertz CT molecular complexity index is 947. The summed E-state index contributed by atoms with van der Waals surface area (Å²) < 4.78 is 1.90. The first-order valence-electron chi connectivity index (χ1n) is 8.04. The Morgan fingerprint density at radius 3 is 2.76 bits per heavy atom. The van der Waals surface area contributed by atoms with Crippen molar-refractivity contribution in [1.29, 1.82) is 0 Å². The summed E-state index contributed by atoms with van der Waals surface area (Å²) in [5.41, 5.74) is 5.25. The summed E-state index contributed by atoms with van der Waals surface area (Å²) >= 11 is 1.58. The minimum Gasteiger partial charge on any atom is -0.264 e. The van der Waals surface area contributed by atoms with E-state index >= 15 is 0 Å². The van der Waals surface area contributed by atoms with Gasteiger partial charge in [-0.25, -0.2) is 4.68 Å². The Kier molecular flexibility index (Phi) is 5.36. The van der Waals surface area contributed by atoms with Gasteiger partial charge in [0.2, 0.25) is 4.80 Å². The van der Waals surface area contributed by atoms with Gasteiger partial charge in [0.1, 0.15) is 0 Å². The lowest BCUT2D eigenvalue weighted by molar-refractivity contribution is 0.834. The Morgan fingerprint density at radius 2 is 2.08 bits per heavy atom. The van der Waals surface area contributed by atoms with Gasteiger partial charge >= 0.3 is 0 Å². The van der Waals surface area contributed by atoms with Gasteiger partial charge < -0.3 is 0 Å². The van der Waals surface area contributed by atoms with Crippen molar-refractivity contribution in [2.24, 2.45) is 10.1 Å². The van der Waals surface area contributed by atoms with Gasteiger partial charge in [-0.05, 0) is 19.9 Å². The van der Waals surface area contributed by atoms with Gasteiger partial charge in [0.05, 0.1) is 18.0 Å². The lowest BCUT2D eigenvalue weighted by Crippen LogP contribution is -2.14. The third-order valence-corrected chi connectivity index (χ3v) is 4.57. The van der Waals surface area contributed by atoms with Crippen LogP contribution in [0.2, 0.25) is 0 Å². The van der Waals surface area contributed by atoms with Crippen LogP contribution in [0.5, 0.6) is 0 Å². The number of hydrogen-bond donors (Lipinski definition) is 0. The fourth-order valence-electron chi connectivity index (χ4n) is 2.35. The Labute approximate surface area is 151 Å². The van der Waals surface area contributed by atoms with E-state index in [1.165, 1.54) is 5.56 Å². The first-order chi connectivity index (χ1) is 12.2. The molecule has 25 heavy (non-hydrogen) atoms. The Hall–Kier alpha value is -2.79. The molecule has 0 amide bonds. The number of benzene rings is 1. The first kappa shape index (κ1) is 17.0. The van der Waals surface area contributed by atoms with E-state index in [1.54, 1.807) is 23.6 Å². The van der Waals surface area contributed by atoms with Crippen LogP contribution in [0.4, 0.5) is 0 Å². The molecule has 0 N–H and O–H groups in total. The maximum atomic E-state index is 4.82. The number of aryl methyl sites for hydroxylation is 1. The van der Waals surface area contributed by atoms with Gasteiger partial charge in [-0.1, -0.05) is 42.0 Å². The molecule has 0 spiro atoms. The molecular formula is C20H20N4S. The summed E-state index contributed by atoms with van der Waals surface area (Å²) in [6.07, 6.45) is 5.36. The molecule has 0 fully saturated rings. The number of nitrogens with zero attached hydrogens (tertiary/aromatic N) is 4. The van der Waals surface area contributed by atoms with Crippen LogP contribution < -0.4 is 4.80 Å². The quantitative estimate of drug-likeness (QED) is 0.501. The standard InChI is InChI=1S/C20H20N4S/c1-4-11-22-20-24(23-16(3)18-6-5-12-21-13-18)19(14-25-20)17-9-7-15(2)8-10-17/h4-10,12-14H,1,11H2,2-3H3. The molecule has 0 aliphatic rings. The predicted octanol–water partition coefficient (Wildman–Crippen LogP) is 4.28. The van der Waals surface area contributed by atoms with Gasteiger partial charge in [0.15, 0.2) is 0 Å². The van der Waals surface area contributed by atoms with Crippen LogP contribution in [0, 0.1) is 6.92 Å². The molecule has 2 aromatic heterocycles. The van der Waals surface area contributed by atoms with Crippen LogP contribution >= 0.6 is 11.3 Å². The van der Waals surface area contributed by atoms with Gasteiger partial charge in [-0.3, -0.25) is 9.98 Å². The molecule has 0 aliphatic heterocycles. The first-order valence-corrected chi connectivity index (χ1v) is 8.92. The maximum Gasteiger partial charge on any atom is 0.206 e. The molecule has 0 saturated heterocycles. The lowest BCUT2D eigenvalue weighted by Gasteiger charge is -2.06. The van der Waals surface area contributed by atoms with Crippen molar-refractivity contribution in [2.75, 3.05) is 6.54 Å². The third-order valence-electron chi connectivity index (χ3n) is 3.72. The fraction of sp³-hybridized carbons (Fsp3) is 0.150. The molecule has 3 rings (SSSR count). The van der Waals surface area contributed by atoms with E-state index in [9.17, 15) is 0 Å². The Morgan fingerprint density at radius 1 is 1.28 bits per heavy atom. The van der Waals surface area contributed by atoms with Crippen molar-refractivity contribution in [3.05, 3.63) is 82.8 Å². The topological polar surface area (TPSA) is 42.5 Å². The average Bonchev–Trinajstić information content (AvgIpc) is 3.04. The monoisotopic (exact) mass is 348 g/mol. The van der Waals surface area contributed by atoms with Crippen molar-refractivity contribution in [1.82, 2.24) is 9.66 Å².